The molecule has 2 aromatic carbocycles. The number of hydrogen-bond acceptors (Lipinski definition) is 8. The molecule has 58 heavy (non-hydrogen) atoms. The topological polar surface area (TPSA) is 178 Å². The van der Waals surface area contributed by atoms with Gasteiger partial charge in [0, 0.05) is 52.9 Å². The number of likely N-dealkylation sites (tertiary alicyclic amines) is 2. The molecule has 2 aliphatic rings. The van der Waals surface area contributed by atoms with Gasteiger partial charge in [-0.1, -0.05) is 13.8 Å². The number of alkyl halides is 1. The highest BCUT2D eigenvalue weighted by atomic mass is 19.1. The minimum atomic E-state index is -1.31. The fraction of sp³-hybridized carbons (Fsp3) is 0.548. The largest absolute Gasteiger partial charge is 0.391 e. The number of halogens is 3. The van der Waals surface area contributed by atoms with Gasteiger partial charge in [-0.05, 0) is 108 Å². The summed E-state index contributed by atoms with van der Waals surface area (Å²) in [5.74, 6) is -1.96. The molecule has 0 bridgehead atoms. The van der Waals surface area contributed by atoms with Gasteiger partial charge in [0.1, 0.15) is 30.1 Å². The number of aliphatic hydroxyl groups is 2. The first kappa shape index (κ1) is 43.1. The minimum Gasteiger partial charge on any atom is -0.391 e. The molecule has 0 saturated carbocycles. The van der Waals surface area contributed by atoms with Crippen LogP contribution in [0.4, 0.5) is 13.2 Å². The number of H-pyrrole nitrogens is 2. The Labute approximate surface area is 336 Å². The van der Waals surface area contributed by atoms with E-state index in [1.807, 2.05) is 6.92 Å². The molecule has 0 aliphatic carbocycles. The van der Waals surface area contributed by atoms with Crippen LogP contribution in [0.2, 0.25) is 0 Å². The van der Waals surface area contributed by atoms with Crippen molar-refractivity contribution in [2.75, 3.05) is 27.2 Å². The van der Waals surface area contributed by atoms with E-state index >= 15 is 4.39 Å². The molecule has 6 rings (SSSR count). The van der Waals surface area contributed by atoms with Crippen LogP contribution in [0.5, 0.6) is 0 Å². The van der Waals surface area contributed by atoms with Gasteiger partial charge < -0.3 is 45.9 Å². The van der Waals surface area contributed by atoms with Gasteiger partial charge in [-0.15, -0.1) is 0 Å². The zero-order valence-electron chi connectivity index (χ0n) is 34.0. The SMILES string of the molecule is CC[C@H](NC(=O)[C@H](C)NC)C(=O)N1C[C@@H](F)C[C@H]1Cc1c(-c2[nH]c3cc(F)ccc3c2C[C@@H]2C[C@H](O)CN2C(=O)[C@H](CC)NC(O)[C@H](C)NC)[nH]c2cc(F)ccc12. The zero-order valence-corrected chi connectivity index (χ0v) is 34.0. The fourth-order valence-electron chi connectivity index (χ4n) is 8.49. The lowest BCUT2D eigenvalue weighted by atomic mass is 9.94. The first-order valence-electron chi connectivity index (χ1n) is 20.3. The molecular formula is C42H57F3N8O5. The van der Waals surface area contributed by atoms with Crippen molar-refractivity contribution in [1.82, 2.24) is 41.0 Å². The number of aromatic nitrogens is 2. The van der Waals surface area contributed by atoms with Crippen LogP contribution in [-0.2, 0) is 27.2 Å². The maximum atomic E-state index is 15.4. The third-order valence-corrected chi connectivity index (χ3v) is 12.0. The molecule has 4 heterocycles. The molecule has 2 aromatic heterocycles. The molecule has 316 valence electrons. The lowest BCUT2D eigenvalue weighted by molar-refractivity contribution is -0.137. The van der Waals surface area contributed by atoms with E-state index in [1.54, 1.807) is 51.9 Å². The standard InChI is InChI=1S/C42H57F3N8O5/c1-7-33(50-39(55)21(3)46-5)41(57)52-19-25(45)13-26(52)17-31-29-11-9-23(43)14-35(29)48-37(31)38-32(30-12-10-24(44)15-36(30)49-38)18-27-16-28(54)20-53(27)42(58)34(8-2)51-40(56)22(4)47-6/h9-12,14-15,21-22,25-28,33-34,40,46-49,51,54,56H,7-8,13,16-20H2,1-6H3,(H,50,55)/t21-,22-,25-,26-,27-,28-,33-,34-,40?/m0/s1. The molecule has 2 saturated heterocycles. The number of carbonyl (C=O) groups excluding carboxylic acids is 3. The average molecular weight is 811 g/mol. The van der Waals surface area contributed by atoms with E-state index in [2.05, 4.69) is 31.2 Å². The third kappa shape index (κ3) is 8.90. The van der Waals surface area contributed by atoms with Crippen LogP contribution in [0, 0.1) is 11.6 Å². The molecular weight excluding hydrogens is 754 g/mol. The smallest absolute Gasteiger partial charge is 0.245 e. The van der Waals surface area contributed by atoms with Crippen molar-refractivity contribution in [2.24, 2.45) is 0 Å². The summed E-state index contributed by atoms with van der Waals surface area (Å²) in [6.07, 6.45) is -1.67. The van der Waals surface area contributed by atoms with Crippen molar-refractivity contribution >= 4 is 39.5 Å². The number of aliphatic hydroxyl groups excluding tert-OH is 2. The molecule has 3 amide bonds. The van der Waals surface area contributed by atoms with Gasteiger partial charge in [0.15, 0.2) is 0 Å². The van der Waals surface area contributed by atoms with Crippen LogP contribution in [0.25, 0.3) is 33.2 Å². The van der Waals surface area contributed by atoms with Crippen LogP contribution in [0.15, 0.2) is 36.4 Å². The second kappa shape index (κ2) is 18.2. The Morgan fingerprint density at radius 2 is 1.33 bits per heavy atom. The van der Waals surface area contributed by atoms with Crippen molar-refractivity contribution in [1.29, 1.82) is 0 Å². The Kier molecular flexibility index (Phi) is 13.5. The maximum Gasteiger partial charge on any atom is 0.245 e. The number of benzene rings is 2. The monoisotopic (exact) mass is 810 g/mol. The van der Waals surface area contributed by atoms with Crippen LogP contribution in [-0.4, -0.2) is 130 Å². The minimum absolute atomic E-state index is 0.0482. The quantitative estimate of drug-likeness (QED) is 0.0795. The Balaban J connectivity index is 1.40. The highest BCUT2D eigenvalue weighted by molar-refractivity contribution is 5.96. The molecule has 4 aromatic rings. The second-order valence-electron chi connectivity index (χ2n) is 15.9. The van der Waals surface area contributed by atoms with Gasteiger partial charge in [-0.2, -0.15) is 0 Å². The van der Waals surface area contributed by atoms with Crippen molar-refractivity contribution in [2.45, 2.75) is 121 Å². The van der Waals surface area contributed by atoms with E-state index in [1.165, 1.54) is 29.2 Å². The summed E-state index contributed by atoms with van der Waals surface area (Å²) in [7, 11) is 3.35. The highest BCUT2D eigenvalue weighted by Crippen LogP contribution is 2.40. The summed E-state index contributed by atoms with van der Waals surface area (Å²) < 4.78 is 44.9. The number of rotatable bonds is 16. The highest BCUT2D eigenvalue weighted by Gasteiger charge is 2.41. The summed E-state index contributed by atoms with van der Waals surface area (Å²) in [6, 6.07) is 5.16. The normalized spacial score (nSPS) is 22.4. The number of aromatic amines is 2. The third-order valence-electron chi connectivity index (χ3n) is 12.0. The molecule has 13 nitrogen and oxygen atoms in total. The molecule has 2 fully saturated rings. The summed E-state index contributed by atoms with van der Waals surface area (Å²) in [5.41, 5.74) is 3.44. The summed E-state index contributed by atoms with van der Waals surface area (Å²) in [4.78, 5) is 50.8. The molecule has 9 atom stereocenters. The van der Waals surface area contributed by atoms with Crippen LogP contribution < -0.4 is 21.3 Å². The van der Waals surface area contributed by atoms with Crippen molar-refractivity contribution in [3.8, 4) is 11.4 Å². The molecule has 0 spiro atoms. The average Bonchev–Trinajstić information content (AvgIpc) is 3.96. The molecule has 16 heteroatoms. The Morgan fingerprint density at radius 1 is 0.810 bits per heavy atom. The van der Waals surface area contributed by atoms with E-state index in [-0.39, 0.29) is 56.6 Å². The van der Waals surface area contributed by atoms with Gasteiger partial charge in [-0.3, -0.25) is 19.7 Å². The summed E-state index contributed by atoms with van der Waals surface area (Å²) in [5, 5.41) is 34.6. The number of hydrogen-bond donors (Lipinski definition) is 8. The van der Waals surface area contributed by atoms with Crippen molar-refractivity contribution in [3.63, 3.8) is 0 Å². The molecule has 1 unspecified atom stereocenters. The Bertz CT molecular complexity index is 2110. The number of fused-ring (bicyclic) bond motifs is 2. The van der Waals surface area contributed by atoms with Crippen LogP contribution in [0.1, 0.15) is 64.5 Å². The van der Waals surface area contributed by atoms with E-state index < -0.39 is 66.3 Å². The van der Waals surface area contributed by atoms with Crippen molar-refractivity contribution < 1.29 is 37.8 Å². The van der Waals surface area contributed by atoms with Crippen molar-refractivity contribution in [3.05, 3.63) is 59.2 Å². The number of carbonyl (C=O) groups is 3. The van der Waals surface area contributed by atoms with Crippen LogP contribution >= 0.6 is 0 Å². The zero-order chi connectivity index (χ0) is 42.0. The van der Waals surface area contributed by atoms with Gasteiger partial charge in [0.05, 0.1) is 36.1 Å². The maximum absolute atomic E-state index is 15.4. The number of amides is 3. The number of likely N-dealkylation sites (N-methyl/N-ethyl adjacent to an activating group) is 2. The number of nitrogens with one attached hydrogen (secondary N) is 6. The fourth-order valence-corrected chi connectivity index (χ4v) is 8.49. The second-order valence-corrected chi connectivity index (χ2v) is 15.9. The van der Waals surface area contributed by atoms with Gasteiger partial charge in [-0.25, -0.2) is 13.2 Å². The predicted octanol–water partition coefficient (Wildman–Crippen LogP) is 3.38. The molecule has 0 radical (unpaired) electrons. The van der Waals surface area contributed by atoms with Crippen LogP contribution in [0.3, 0.4) is 0 Å². The first-order chi connectivity index (χ1) is 27.7. The molecule has 8 N–H and O–H groups in total. The summed E-state index contributed by atoms with van der Waals surface area (Å²) >= 11 is 0. The number of nitrogens with zero attached hydrogens (tertiary/aromatic N) is 2. The van der Waals surface area contributed by atoms with E-state index in [9.17, 15) is 33.4 Å². The van der Waals surface area contributed by atoms with E-state index in [0.717, 1.165) is 5.56 Å². The first-order valence-corrected chi connectivity index (χ1v) is 20.3. The summed E-state index contributed by atoms with van der Waals surface area (Å²) in [6.45, 7) is 7.03. The number of β-amino-alcohol motifs (C(OH)–C–C–N with tert-alkyl or cyclic N) is 1. The van der Waals surface area contributed by atoms with E-state index in [4.69, 9.17) is 0 Å². The Morgan fingerprint density at radius 3 is 1.84 bits per heavy atom. The van der Waals surface area contributed by atoms with E-state index in [0.29, 0.717) is 51.6 Å². The molecule has 2 aliphatic heterocycles. The predicted molar refractivity (Wildman–Crippen MR) is 217 cm³/mol. The van der Waals surface area contributed by atoms with Gasteiger partial charge in [0.25, 0.3) is 0 Å². The lowest BCUT2D eigenvalue weighted by Crippen LogP contribution is -2.55. The van der Waals surface area contributed by atoms with Gasteiger partial charge in [0.2, 0.25) is 17.7 Å². The Hall–Kier alpha value is -4.48. The lowest BCUT2D eigenvalue weighted by Gasteiger charge is -2.31. The van der Waals surface area contributed by atoms with Gasteiger partial charge >= 0.3 is 0 Å².